The number of pyridine rings is 1. The molecule has 1 aromatic carbocycles. The second kappa shape index (κ2) is 6.84. The highest BCUT2D eigenvalue weighted by atomic mass is 35.5. The molecule has 2 aromatic rings. The van der Waals surface area contributed by atoms with Crippen LogP contribution in [0.5, 0.6) is 0 Å². The molecule has 106 valence electrons. The van der Waals surface area contributed by atoms with Gasteiger partial charge in [-0.05, 0) is 24.3 Å². The summed E-state index contributed by atoms with van der Waals surface area (Å²) in [5, 5.41) is 3.08. The lowest BCUT2D eigenvalue weighted by Gasteiger charge is -2.08. The minimum Gasteiger partial charge on any atom is -0.321 e. The molecular weight excluding hydrogens is 293 g/mol. The molecule has 0 aliphatic heterocycles. The van der Waals surface area contributed by atoms with Gasteiger partial charge in [-0.3, -0.25) is 9.78 Å². The second-order valence-electron chi connectivity index (χ2n) is 4.04. The highest BCUT2D eigenvalue weighted by Crippen LogP contribution is 2.21. The molecule has 0 aliphatic carbocycles. The van der Waals surface area contributed by atoms with E-state index in [0.717, 1.165) is 12.3 Å². The van der Waals surface area contributed by atoms with Crippen LogP contribution in [0.4, 0.5) is 10.1 Å². The third-order valence-corrected chi connectivity index (χ3v) is 2.76. The Kier molecular flexibility index (Phi) is 4.88. The number of nitrogens with zero attached hydrogens (tertiary/aromatic N) is 1. The van der Waals surface area contributed by atoms with Crippen LogP contribution in [0.3, 0.4) is 0 Å². The summed E-state index contributed by atoms with van der Waals surface area (Å²) in [5.74, 6) is 4.44. The molecule has 0 saturated heterocycles. The Morgan fingerprint density at radius 2 is 2.19 bits per heavy atom. The van der Waals surface area contributed by atoms with Gasteiger partial charge in [0.1, 0.15) is 5.82 Å². The van der Waals surface area contributed by atoms with E-state index in [1.165, 1.54) is 6.20 Å². The minimum absolute atomic E-state index is 0.104. The molecule has 1 heterocycles. The van der Waals surface area contributed by atoms with Gasteiger partial charge < -0.3 is 11.1 Å². The number of halogens is 2. The molecule has 4 nitrogen and oxygen atoms in total. The van der Waals surface area contributed by atoms with E-state index in [1.807, 2.05) is 0 Å². The van der Waals surface area contributed by atoms with Gasteiger partial charge in [-0.25, -0.2) is 4.39 Å². The van der Waals surface area contributed by atoms with Gasteiger partial charge in [0.05, 0.1) is 24.0 Å². The Labute approximate surface area is 126 Å². The van der Waals surface area contributed by atoms with Gasteiger partial charge in [0.15, 0.2) is 0 Å². The summed E-state index contributed by atoms with van der Waals surface area (Å²) in [4.78, 5) is 15.7. The van der Waals surface area contributed by atoms with Gasteiger partial charge in [-0.1, -0.05) is 23.4 Å². The Balaban J connectivity index is 2.30. The molecule has 0 fully saturated rings. The largest absolute Gasteiger partial charge is 0.321 e. The number of hydrogen-bond donors (Lipinski definition) is 2. The first-order chi connectivity index (χ1) is 10.1. The highest BCUT2D eigenvalue weighted by molar-refractivity contribution is 6.31. The molecule has 0 saturated carbocycles. The summed E-state index contributed by atoms with van der Waals surface area (Å²) in [6.45, 7) is 0.198. The van der Waals surface area contributed by atoms with Gasteiger partial charge in [-0.15, -0.1) is 0 Å². The number of benzene rings is 1. The van der Waals surface area contributed by atoms with Crippen molar-refractivity contribution in [2.45, 2.75) is 0 Å². The minimum atomic E-state index is -0.586. The maximum Gasteiger partial charge on any atom is 0.257 e. The number of carbonyl (C=O) groups is 1. The van der Waals surface area contributed by atoms with Gasteiger partial charge in [0, 0.05) is 16.8 Å². The third kappa shape index (κ3) is 4.02. The molecule has 1 amide bonds. The van der Waals surface area contributed by atoms with Gasteiger partial charge in [0.25, 0.3) is 5.91 Å². The van der Waals surface area contributed by atoms with Crippen molar-refractivity contribution in [3.8, 4) is 11.8 Å². The summed E-state index contributed by atoms with van der Waals surface area (Å²) in [7, 11) is 0. The zero-order valence-electron chi connectivity index (χ0n) is 10.9. The number of carbonyl (C=O) groups excluding carboxylic acids is 1. The van der Waals surface area contributed by atoms with Gasteiger partial charge in [0.2, 0.25) is 0 Å². The van der Waals surface area contributed by atoms with Crippen molar-refractivity contribution >= 4 is 23.2 Å². The lowest BCUT2D eigenvalue weighted by Crippen LogP contribution is -2.13. The molecule has 0 unspecified atom stereocenters. The lowest BCUT2D eigenvalue weighted by molar-refractivity contribution is 0.102. The van der Waals surface area contributed by atoms with Crippen LogP contribution < -0.4 is 11.1 Å². The highest BCUT2D eigenvalue weighted by Gasteiger charge is 2.10. The summed E-state index contributed by atoms with van der Waals surface area (Å²) >= 11 is 5.91. The van der Waals surface area contributed by atoms with Crippen LogP contribution in [0.25, 0.3) is 0 Å². The van der Waals surface area contributed by atoms with Crippen molar-refractivity contribution in [2.24, 2.45) is 5.73 Å². The third-order valence-electron chi connectivity index (χ3n) is 2.52. The van der Waals surface area contributed by atoms with E-state index in [2.05, 4.69) is 22.1 Å². The molecule has 0 spiro atoms. The summed E-state index contributed by atoms with van der Waals surface area (Å²) in [6.07, 6.45) is 2.29. The molecule has 0 radical (unpaired) electrons. The number of anilines is 1. The zero-order valence-corrected chi connectivity index (χ0v) is 11.6. The van der Waals surface area contributed by atoms with E-state index in [0.29, 0.717) is 16.3 Å². The van der Waals surface area contributed by atoms with E-state index in [-0.39, 0.29) is 12.1 Å². The topological polar surface area (TPSA) is 68.0 Å². The van der Waals surface area contributed by atoms with E-state index >= 15 is 0 Å². The molecule has 1 aromatic heterocycles. The monoisotopic (exact) mass is 303 g/mol. The number of aromatic nitrogens is 1. The Morgan fingerprint density at radius 3 is 2.90 bits per heavy atom. The fraction of sp³-hybridized carbons (Fsp3) is 0.0667. The van der Waals surface area contributed by atoms with E-state index in [1.54, 1.807) is 18.2 Å². The molecule has 0 atom stereocenters. The maximum atomic E-state index is 13.1. The summed E-state index contributed by atoms with van der Waals surface area (Å²) in [6, 6.07) is 5.98. The Hall–Kier alpha value is -2.42. The fourth-order valence-electron chi connectivity index (χ4n) is 1.61. The van der Waals surface area contributed by atoms with Crippen LogP contribution in [0, 0.1) is 17.7 Å². The quantitative estimate of drug-likeness (QED) is 0.837. The lowest BCUT2D eigenvalue weighted by atomic mass is 10.1. The first-order valence-corrected chi connectivity index (χ1v) is 6.38. The SMILES string of the molecule is NCC#Cc1ccc(Cl)cc1NC(=O)c1cncc(F)c1. The van der Waals surface area contributed by atoms with Crippen molar-refractivity contribution in [1.29, 1.82) is 0 Å². The number of nitrogens with two attached hydrogens (primary N) is 1. The van der Waals surface area contributed by atoms with Crippen LogP contribution in [-0.2, 0) is 0 Å². The van der Waals surface area contributed by atoms with Crippen LogP contribution in [-0.4, -0.2) is 17.4 Å². The van der Waals surface area contributed by atoms with Crippen molar-refractivity contribution in [2.75, 3.05) is 11.9 Å². The van der Waals surface area contributed by atoms with Crippen molar-refractivity contribution < 1.29 is 9.18 Å². The van der Waals surface area contributed by atoms with Crippen molar-refractivity contribution in [1.82, 2.24) is 4.98 Å². The second-order valence-corrected chi connectivity index (χ2v) is 4.48. The van der Waals surface area contributed by atoms with Crippen LogP contribution in [0.15, 0.2) is 36.7 Å². The van der Waals surface area contributed by atoms with E-state index in [4.69, 9.17) is 17.3 Å². The first kappa shape index (κ1) is 15.0. The zero-order chi connectivity index (χ0) is 15.2. The predicted octanol–water partition coefficient (Wildman–Crippen LogP) is 2.44. The average molecular weight is 304 g/mol. The molecule has 6 heteroatoms. The number of hydrogen-bond acceptors (Lipinski definition) is 3. The van der Waals surface area contributed by atoms with Crippen molar-refractivity contribution in [3.05, 3.63) is 58.6 Å². The molecule has 3 N–H and O–H groups in total. The van der Waals surface area contributed by atoms with E-state index in [9.17, 15) is 9.18 Å². The predicted molar refractivity (Wildman–Crippen MR) is 79.5 cm³/mol. The smallest absolute Gasteiger partial charge is 0.257 e. The summed E-state index contributed by atoms with van der Waals surface area (Å²) in [5.41, 5.74) is 6.43. The van der Waals surface area contributed by atoms with Gasteiger partial charge in [-0.2, -0.15) is 0 Å². The Morgan fingerprint density at radius 1 is 1.38 bits per heavy atom. The number of nitrogens with one attached hydrogen (secondary N) is 1. The molecule has 21 heavy (non-hydrogen) atoms. The average Bonchev–Trinajstić information content (AvgIpc) is 2.46. The maximum absolute atomic E-state index is 13.1. The number of amides is 1. The van der Waals surface area contributed by atoms with Crippen LogP contribution >= 0.6 is 11.6 Å². The standard InChI is InChI=1S/C15H11ClFN3O/c16-12-4-3-10(2-1-5-18)14(7-12)20-15(21)11-6-13(17)9-19-8-11/h3-4,6-9H,5,18H2,(H,20,21). The first-order valence-electron chi connectivity index (χ1n) is 6.00. The van der Waals surface area contributed by atoms with Gasteiger partial charge >= 0.3 is 0 Å². The summed E-state index contributed by atoms with van der Waals surface area (Å²) < 4.78 is 13.1. The molecule has 2 rings (SSSR count). The molecule has 0 aliphatic rings. The van der Waals surface area contributed by atoms with E-state index < -0.39 is 11.7 Å². The normalized spacial score (nSPS) is 9.67. The molecular formula is C15H11ClFN3O. The fourth-order valence-corrected chi connectivity index (χ4v) is 1.78. The van der Waals surface area contributed by atoms with Crippen LogP contribution in [0.1, 0.15) is 15.9 Å². The number of rotatable bonds is 2. The molecule has 0 bridgehead atoms. The Bertz CT molecular complexity index is 737. The van der Waals surface area contributed by atoms with Crippen LogP contribution in [0.2, 0.25) is 5.02 Å². The van der Waals surface area contributed by atoms with Crippen molar-refractivity contribution in [3.63, 3.8) is 0 Å².